The Morgan fingerprint density at radius 2 is 1.74 bits per heavy atom. The molecule has 0 aromatic heterocycles. The molecule has 1 atom stereocenters. The molecule has 0 spiro atoms. The number of ether oxygens (including phenoxy) is 2. The lowest BCUT2D eigenvalue weighted by Gasteiger charge is -2.34. The number of carbonyl (C=O) groups is 2. The minimum atomic E-state index is -0.736. The van der Waals surface area contributed by atoms with Gasteiger partial charge in [-0.05, 0) is 62.2 Å². The number of nitrogens with one attached hydrogen (secondary N) is 1. The predicted molar refractivity (Wildman–Crippen MR) is 138 cm³/mol. The van der Waals surface area contributed by atoms with Crippen LogP contribution in [0.1, 0.15) is 41.3 Å². The molecule has 1 heterocycles. The lowest BCUT2D eigenvalue weighted by molar-refractivity contribution is -0.125. The molecule has 0 bridgehead atoms. The van der Waals surface area contributed by atoms with Crippen LogP contribution in [0, 0.1) is 0 Å². The number of methoxy groups -OCH3 is 2. The second-order valence-electron chi connectivity index (χ2n) is 8.83. The third kappa shape index (κ3) is 5.19. The van der Waals surface area contributed by atoms with Gasteiger partial charge in [-0.3, -0.25) is 14.5 Å². The van der Waals surface area contributed by atoms with Crippen LogP contribution in [0.15, 0.2) is 66.7 Å². The zero-order chi connectivity index (χ0) is 25.0. The normalized spacial score (nSPS) is 17.7. The second-order valence-corrected chi connectivity index (χ2v) is 9.26. The number of nitrogens with zero attached hydrogens (tertiary/aromatic N) is 1. The van der Waals surface area contributed by atoms with Crippen LogP contribution in [-0.4, -0.2) is 42.9 Å². The molecule has 3 aromatic rings. The van der Waals surface area contributed by atoms with Crippen LogP contribution in [0.3, 0.4) is 0 Å². The van der Waals surface area contributed by atoms with Gasteiger partial charge in [0.2, 0.25) is 5.91 Å². The monoisotopic (exact) mass is 492 g/mol. The molecule has 182 valence electrons. The van der Waals surface area contributed by atoms with E-state index in [-0.39, 0.29) is 11.7 Å². The highest BCUT2D eigenvalue weighted by molar-refractivity contribution is 6.31. The summed E-state index contributed by atoms with van der Waals surface area (Å²) in [5.41, 5.74) is 1.64. The number of ketones is 1. The van der Waals surface area contributed by atoms with Crippen LogP contribution in [0.25, 0.3) is 0 Å². The molecule has 3 aromatic carbocycles. The third-order valence-corrected chi connectivity index (χ3v) is 6.85. The minimum absolute atomic E-state index is 0.153. The minimum Gasteiger partial charge on any atom is -0.493 e. The van der Waals surface area contributed by atoms with E-state index < -0.39 is 5.54 Å². The van der Waals surface area contributed by atoms with Crippen LogP contribution < -0.4 is 14.8 Å². The smallest absolute Gasteiger partial charge is 0.244 e. The SMILES string of the molecule is COc1ccc(CN2CCC[C@]2(C)C(=O)Nc2ccc(Cl)cc2C(=O)c2ccccc2)cc1OC. The lowest BCUT2D eigenvalue weighted by atomic mass is 9.96. The molecule has 1 amide bonds. The Morgan fingerprint density at radius 1 is 1.00 bits per heavy atom. The van der Waals surface area contributed by atoms with Crippen molar-refractivity contribution >= 4 is 29.0 Å². The maximum atomic E-state index is 13.6. The molecule has 0 saturated carbocycles. The molecular formula is C28H29ClN2O4. The number of benzene rings is 3. The maximum absolute atomic E-state index is 13.6. The van der Waals surface area contributed by atoms with Crippen LogP contribution in [0.2, 0.25) is 5.02 Å². The fourth-order valence-corrected chi connectivity index (χ4v) is 4.72. The van der Waals surface area contributed by atoms with E-state index in [4.69, 9.17) is 21.1 Å². The van der Waals surface area contributed by atoms with Gasteiger partial charge < -0.3 is 14.8 Å². The summed E-state index contributed by atoms with van der Waals surface area (Å²) in [7, 11) is 3.21. The molecule has 1 fully saturated rings. The van der Waals surface area contributed by atoms with E-state index in [9.17, 15) is 9.59 Å². The molecule has 4 rings (SSSR count). The molecule has 0 aliphatic carbocycles. The summed E-state index contributed by atoms with van der Waals surface area (Å²) < 4.78 is 10.8. The van der Waals surface area contributed by atoms with E-state index in [1.807, 2.05) is 43.3 Å². The molecule has 0 unspecified atom stereocenters. The zero-order valence-corrected chi connectivity index (χ0v) is 20.9. The average Bonchev–Trinajstić information content (AvgIpc) is 3.26. The zero-order valence-electron chi connectivity index (χ0n) is 20.1. The summed E-state index contributed by atoms with van der Waals surface area (Å²) in [4.78, 5) is 29.0. The molecule has 6 nitrogen and oxygen atoms in total. The van der Waals surface area contributed by atoms with E-state index in [1.165, 1.54) is 0 Å². The lowest BCUT2D eigenvalue weighted by Crippen LogP contribution is -2.50. The van der Waals surface area contributed by atoms with E-state index in [1.54, 1.807) is 44.6 Å². The van der Waals surface area contributed by atoms with Gasteiger partial charge in [-0.1, -0.05) is 48.0 Å². The van der Waals surface area contributed by atoms with E-state index >= 15 is 0 Å². The highest BCUT2D eigenvalue weighted by atomic mass is 35.5. The van der Waals surface area contributed by atoms with Crippen LogP contribution in [0.5, 0.6) is 11.5 Å². The first-order valence-corrected chi connectivity index (χ1v) is 11.9. The molecule has 35 heavy (non-hydrogen) atoms. The topological polar surface area (TPSA) is 67.9 Å². The number of hydrogen-bond acceptors (Lipinski definition) is 5. The van der Waals surface area contributed by atoms with Gasteiger partial charge in [0, 0.05) is 22.7 Å². The summed E-state index contributed by atoms with van der Waals surface area (Å²) in [6, 6.07) is 19.7. The molecule has 0 radical (unpaired) electrons. The first kappa shape index (κ1) is 24.8. The Bertz CT molecular complexity index is 1230. The first-order valence-electron chi connectivity index (χ1n) is 11.5. The highest BCUT2D eigenvalue weighted by Gasteiger charge is 2.43. The van der Waals surface area contributed by atoms with Gasteiger partial charge in [0.15, 0.2) is 17.3 Å². The van der Waals surface area contributed by atoms with Crippen LogP contribution in [0.4, 0.5) is 5.69 Å². The Kier molecular flexibility index (Phi) is 7.43. The maximum Gasteiger partial charge on any atom is 0.244 e. The second kappa shape index (κ2) is 10.5. The van der Waals surface area contributed by atoms with Crippen LogP contribution >= 0.6 is 11.6 Å². The quantitative estimate of drug-likeness (QED) is 0.416. The number of halogens is 1. The largest absolute Gasteiger partial charge is 0.493 e. The Morgan fingerprint density at radius 3 is 2.46 bits per heavy atom. The Balaban J connectivity index is 1.57. The van der Waals surface area contributed by atoms with Crippen molar-refractivity contribution in [3.63, 3.8) is 0 Å². The number of amides is 1. The summed E-state index contributed by atoms with van der Waals surface area (Å²) in [5.74, 6) is 0.971. The van der Waals surface area contributed by atoms with Crippen molar-refractivity contribution in [1.82, 2.24) is 4.90 Å². The van der Waals surface area contributed by atoms with Crippen molar-refractivity contribution < 1.29 is 19.1 Å². The Labute approximate surface area is 210 Å². The first-order chi connectivity index (χ1) is 16.9. The average molecular weight is 493 g/mol. The standard InChI is InChI=1S/C28H29ClN2O4/c1-28(14-7-15-31(28)18-19-10-13-24(34-2)25(16-19)35-3)27(33)30-23-12-11-21(29)17-22(23)26(32)20-8-5-4-6-9-20/h4-6,8-13,16-17H,7,14-15,18H2,1-3H3,(H,30,33)/t28-/m1/s1. The van der Waals surface area contributed by atoms with E-state index in [0.29, 0.717) is 46.3 Å². The van der Waals surface area contributed by atoms with Gasteiger partial charge in [-0.25, -0.2) is 0 Å². The molecule has 7 heteroatoms. The van der Waals surface area contributed by atoms with Crippen molar-refractivity contribution in [1.29, 1.82) is 0 Å². The summed E-state index contributed by atoms with van der Waals surface area (Å²) in [6.45, 7) is 3.32. The predicted octanol–water partition coefficient (Wildman–Crippen LogP) is 5.58. The summed E-state index contributed by atoms with van der Waals surface area (Å²) in [6.07, 6.45) is 1.61. The fourth-order valence-electron chi connectivity index (χ4n) is 4.54. The van der Waals surface area contributed by atoms with Crippen molar-refractivity contribution in [3.05, 3.63) is 88.4 Å². The molecule has 1 aliphatic heterocycles. The molecule has 1 N–H and O–H groups in total. The number of hydrogen-bond donors (Lipinski definition) is 1. The number of rotatable bonds is 8. The van der Waals surface area contributed by atoms with Crippen LogP contribution in [-0.2, 0) is 11.3 Å². The van der Waals surface area contributed by atoms with Crippen molar-refractivity contribution in [2.45, 2.75) is 31.8 Å². The summed E-state index contributed by atoms with van der Waals surface area (Å²) >= 11 is 6.21. The van der Waals surface area contributed by atoms with Crippen molar-refractivity contribution in [2.24, 2.45) is 0 Å². The third-order valence-electron chi connectivity index (χ3n) is 6.61. The fraction of sp³-hybridized carbons (Fsp3) is 0.286. The Hall–Kier alpha value is -3.35. The van der Waals surface area contributed by atoms with Crippen molar-refractivity contribution in [2.75, 3.05) is 26.1 Å². The van der Waals surface area contributed by atoms with Gasteiger partial charge in [-0.15, -0.1) is 0 Å². The number of likely N-dealkylation sites (tertiary alicyclic amines) is 1. The van der Waals surface area contributed by atoms with Gasteiger partial charge >= 0.3 is 0 Å². The molecule has 1 aliphatic rings. The summed E-state index contributed by atoms with van der Waals surface area (Å²) in [5, 5.41) is 3.46. The van der Waals surface area contributed by atoms with Gasteiger partial charge in [0.05, 0.1) is 25.4 Å². The van der Waals surface area contributed by atoms with Gasteiger partial charge in [0.1, 0.15) is 0 Å². The highest BCUT2D eigenvalue weighted by Crippen LogP contribution is 2.35. The number of carbonyl (C=O) groups excluding carboxylic acids is 2. The van der Waals surface area contributed by atoms with E-state index in [0.717, 1.165) is 18.5 Å². The van der Waals surface area contributed by atoms with Gasteiger partial charge in [0.25, 0.3) is 0 Å². The van der Waals surface area contributed by atoms with Crippen molar-refractivity contribution in [3.8, 4) is 11.5 Å². The van der Waals surface area contributed by atoms with Gasteiger partial charge in [-0.2, -0.15) is 0 Å². The molecular weight excluding hydrogens is 464 g/mol. The molecule has 1 saturated heterocycles. The van der Waals surface area contributed by atoms with E-state index in [2.05, 4.69) is 10.2 Å². The number of anilines is 1.